The van der Waals surface area contributed by atoms with Crippen molar-refractivity contribution in [2.24, 2.45) is 5.92 Å². The lowest BCUT2D eigenvalue weighted by molar-refractivity contribution is -0.0645. The van der Waals surface area contributed by atoms with Crippen molar-refractivity contribution in [3.8, 4) is 11.4 Å². The van der Waals surface area contributed by atoms with E-state index < -0.39 is 40.3 Å². The number of carbonyl (C=O) groups is 1. The number of nitrogens with zero attached hydrogens (tertiary/aromatic N) is 4. The number of sulfonamides is 1. The summed E-state index contributed by atoms with van der Waals surface area (Å²) >= 11 is 0. The zero-order valence-corrected chi connectivity index (χ0v) is 22.2. The van der Waals surface area contributed by atoms with E-state index in [1.54, 1.807) is 24.3 Å². The zero-order valence-electron chi connectivity index (χ0n) is 21.4. The summed E-state index contributed by atoms with van der Waals surface area (Å²) in [6.07, 6.45) is 1.32. The van der Waals surface area contributed by atoms with Gasteiger partial charge in [0, 0.05) is 6.07 Å². The number of methoxy groups -OCH3 is 1. The average molecular weight is 561 g/mol. The maximum Gasteiger partial charge on any atom is 0.288 e. The van der Waals surface area contributed by atoms with Crippen LogP contribution in [0.3, 0.4) is 0 Å². The first-order valence-corrected chi connectivity index (χ1v) is 13.8. The molecule has 39 heavy (non-hydrogen) atoms. The molecule has 1 atom stereocenters. The van der Waals surface area contributed by atoms with Crippen LogP contribution in [0.15, 0.2) is 66.1 Å². The summed E-state index contributed by atoms with van der Waals surface area (Å²) in [6, 6.07) is 11.8. The predicted molar refractivity (Wildman–Crippen MR) is 139 cm³/mol. The summed E-state index contributed by atoms with van der Waals surface area (Å²) < 4.78 is 76.0. The summed E-state index contributed by atoms with van der Waals surface area (Å²) in [5.41, 5.74) is 0.572. The Kier molecular flexibility index (Phi) is 6.69. The Morgan fingerprint density at radius 1 is 1.15 bits per heavy atom. The molecular formula is C27H27F3N4O4S. The highest BCUT2D eigenvalue weighted by Gasteiger charge is 2.53. The number of anilines is 1. The summed E-state index contributed by atoms with van der Waals surface area (Å²) in [6.45, 7) is 4.19. The van der Waals surface area contributed by atoms with Crippen molar-refractivity contribution in [2.75, 3.05) is 18.6 Å². The third kappa shape index (κ3) is 5.00. The Balaban J connectivity index is 1.56. The molecule has 0 N–H and O–H groups in total. The Morgan fingerprint density at radius 3 is 2.33 bits per heavy atom. The van der Waals surface area contributed by atoms with E-state index in [-0.39, 0.29) is 28.9 Å². The zero-order chi connectivity index (χ0) is 28.1. The van der Waals surface area contributed by atoms with E-state index >= 15 is 0 Å². The van der Waals surface area contributed by atoms with Crippen molar-refractivity contribution in [1.82, 2.24) is 14.1 Å². The summed E-state index contributed by atoms with van der Waals surface area (Å²) in [7, 11) is -2.79. The van der Waals surface area contributed by atoms with Crippen LogP contribution in [-0.4, -0.2) is 54.0 Å². The van der Waals surface area contributed by atoms with Gasteiger partial charge in [-0.05, 0) is 67.6 Å². The Hall–Kier alpha value is -3.80. The molecule has 2 aromatic carbocycles. The fraction of sp³-hybridized carbons (Fsp3) is 0.333. The molecule has 1 saturated heterocycles. The lowest BCUT2D eigenvalue weighted by atomic mass is 10.0. The maximum absolute atomic E-state index is 14.1. The fourth-order valence-electron chi connectivity index (χ4n) is 4.39. The van der Waals surface area contributed by atoms with Crippen LogP contribution in [0.25, 0.3) is 5.69 Å². The number of halogens is 3. The molecule has 206 valence electrons. The molecular weight excluding hydrogens is 533 g/mol. The molecule has 1 aliphatic heterocycles. The number of benzene rings is 2. The number of aromatic nitrogens is 2. The Labute approximate surface area is 224 Å². The summed E-state index contributed by atoms with van der Waals surface area (Å²) in [5.74, 6) is -3.92. The maximum atomic E-state index is 14.1. The number of hydrogen-bond acceptors (Lipinski definition) is 6. The van der Waals surface area contributed by atoms with E-state index in [1.807, 2.05) is 0 Å². The van der Waals surface area contributed by atoms with Crippen LogP contribution in [0, 0.1) is 11.7 Å². The van der Waals surface area contributed by atoms with Gasteiger partial charge in [0.1, 0.15) is 17.4 Å². The molecule has 1 saturated carbocycles. The van der Waals surface area contributed by atoms with E-state index in [0.717, 1.165) is 0 Å². The highest BCUT2D eigenvalue weighted by Crippen LogP contribution is 2.41. The van der Waals surface area contributed by atoms with Crippen LogP contribution < -0.4 is 9.64 Å². The van der Waals surface area contributed by atoms with Crippen molar-refractivity contribution in [2.45, 2.75) is 38.3 Å². The number of ether oxygens (including phenoxy) is 1. The molecule has 2 fully saturated rings. The monoisotopic (exact) mass is 560 g/mol. The van der Waals surface area contributed by atoms with Crippen molar-refractivity contribution < 1.29 is 31.1 Å². The van der Waals surface area contributed by atoms with E-state index in [2.05, 4.69) is 11.7 Å². The number of rotatable bonds is 9. The molecule has 12 heteroatoms. The quantitative estimate of drug-likeness (QED) is 0.375. The van der Waals surface area contributed by atoms with Crippen molar-refractivity contribution >= 4 is 21.7 Å². The second-order valence-electron chi connectivity index (χ2n) is 9.75. The number of amides is 1. The van der Waals surface area contributed by atoms with Crippen LogP contribution in [-0.2, 0) is 16.6 Å². The minimum Gasteiger partial charge on any atom is -0.497 e. The van der Waals surface area contributed by atoms with Crippen LogP contribution in [0.4, 0.5) is 19.0 Å². The second-order valence-corrected chi connectivity index (χ2v) is 11.7. The number of carbonyl (C=O) groups excluding carboxylic acids is 1. The third-order valence-electron chi connectivity index (χ3n) is 7.10. The molecule has 2 heterocycles. The molecule has 1 aliphatic carbocycles. The Bertz CT molecular complexity index is 1520. The minimum atomic E-state index is -4.29. The van der Waals surface area contributed by atoms with Gasteiger partial charge >= 0.3 is 0 Å². The van der Waals surface area contributed by atoms with E-state index in [9.17, 15) is 26.4 Å². The SMILES string of the molecule is C=C(C1CC1)S(=O)(=O)N(Cc1ccc(OC)cc1)C(=O)c1cc(N2CC(F)(F)[C@H]2C)n(-c2ccc(F)cc2)n1. The van der Waals surface area contributed by atoms with Crippen LogP contribution in [0.2, 0.25) is 0 Å². The third-order valence-corrected chi connectivity index (χ3v) is 8.97. The molecule has 0 bridgehead atoms. The summed E-state index contributed by atoms with van der Waals surface area (Å²) in [5, 5.41) is 4.32. The molecule has 0 unspecified atom stereocenters. The van der Waals surface area contributed by atoms with Gasteiger partial charge in [-0.3, -0.25) is 4.79 Å². The molecule has 1 amide bonds. The first-order chi connectivity index (χ1) is 18.4. The van der Waals surface area contributed by atoms with Crippen molar-refractivity contribution in [3.05, 3.63) is 83.2 Å². The van der Waals surface area contributed by atoms with Crippen LogP contribution in [0.5, 0.6) is 5.75 Å². The topological polar surface area (TPSA) is 84.7 Å². The van der Waals surface area contributed by atoms with E-state index in [0.29, 0.717) is 34.1 Å². The van der Waals surface area contributed by atoms with Crippen molar-refractivity contribution in [3.63, 3.8) is 0 Å². The molecule has 3 aromatic rings. The molecule has 0 spiro atoms. The van der Waals surface area contributed by atoms with E-state index in [1.165, 1.54) is 53.9 Å². The predicted octanol–water partition coefficient (Wildman–Crippen LogP) is 4.76. The molecule has 5 rings (SSSR count). The lowest BCUT2D eigenvalue weighted by Crippen LogP contribution is -2.64. The van der Waals surface area contributed by atoms with Gasteiger partial charge in [0.25, 0.3) is 21.9 Å². The van der Waals surface area contributed by atoms with Crippen molar-refractivity contribution in [1.29, 1.82) is 0 Å². The fourth-order valence-corrected chi connectivity index (χ4v) is 5.96. The minimum absolute atomic E-state index is 0.0569. The van der Waals surface area contributed by atoms with Gasteiger partial charge in [0.15, 0.2) is 5.69 Å². The standard InChI is InChI=1S/C27H27F3N4O4S/c1-17(20-6-7-20)39(36,37)33(15-19-4-12-23(38-3)13-5-19)26(35)24-14-25(32-16-27(29,30)18(32)2)34(31-24)22-10-8-21(28)9-11-22/h4-5,8-14,18,20H,1,6-7,15-16H2,2-3H3/t18-/m1/s1. The average Bonchev–Trinajstić information content (AvgIpc) is 3.68. The Morgan fingerprint density at radius 2 is 1.79 bits per heavy atom. The summed E-state index contributed by atoms with van der Waals surface area (Å²) in [4.78, 5) is 15.1. The number of alkyl halides is 2. The van der Waals surface area contributed by atoms with Crippen LogP contribution in [0.1, 0.15) is 35.8 Å². The first-order valence-electron chi connectivity index (χ1n) is 12.3. The normalized spacial score (nSPS) is 18.4. The van der Waals surface area contributed by atoms with Gasteiger partial charge in [0.2, 0.25) is 0 Å². The van der Waals surface area contributed by atoms with Gasteiger partial charge in [-0.2, -0.15) is 5.10 Å². The molecule has 8 nitrogen and oxygen atoms in total. The highest BCUT2D eigenvalue weighted by atomic mass is 32.2. The van der Waals surface area contributed by atoms with Gasteiger partial charge in [-0.15, -0.1) is 0 Å². The highest BCUT2D eigenvalue weighted by molar-refractivity contribution is 7.93. The first kappa shape index (κ1) is 26.8. The largest absolute Gasteiger partial charge is 0.497 e. The number of allylic oxidation sites excluding steroid dienone is 1. The molecule has 1 aromatic heterocycles. The van der Waals surface area contributed by atoms with Gasteiger partial charge in [0.05, 0.1) is 36.8 Å². The van der Waals surface area contributed by atoms with Gasteiger partial charge in [-0.1, -0.05) is 18.7 Å². The van der Waals surface area contributed by atoms with E-state index in [4.69, 9.17) is 4.74 Å². The smallest absolute Gasteiger partial charge is 0.288 e. The van der Waals surface area contributed by atoms with Crippen LogP contribution >= 0.6 is 0 Å². The molecule has 2 aliphatic rings. The second kappa shape index (κ2) is 9.74. The number of hydrogen-bond donors (Lipinski definition) is 0. The molecule has 0 radical (unpaired) electrons. The van der Waals surface area contributed by atoms with Gasteiger partial charge < -0.3 is 9.64 Å². The van der Waals surface area contributed by atoms with Gasteiger partial charge in [-0.25, -0.2) is 30.6 Å². The lowest BCUT2D eigenvalue weighted by Gasteiger charge is -2.46.